The van der Waals surface area contributed by atoms with Crippen molar-refractivity contribution in [1.82, 2.24) is 24.6 Å². The molecule has 0 amide bonds. The number of hydrogen-bond acceptors (Lipinski definition) is 5. The summed E-state index contributed by atoms with van der Waals surface area (Å²) in [6, 6.07) is 0.694. The first-order valence-corrected chi connectivity index (χ1v) is 8.64. The largest absolute Gasteiger partial charge is 0.368 e. The van der Waals surface area contributed by atoms with Crippen LogP contribution in [-0.2, 0) is 5.54 Å². The van der Waals surface area contributed by atoms with E-state index in [9.17, 15) is 0 Å². The van der Waals surface area contributed by atoms with Gasteiger partial charge in [-0.15, -0.1) is 0 Å². The van der Waals surface area contributed by atoms with Crippen molar-refractivity contribution in [3.8, 4) is 0 Å². The zero-order valence-corrected chi connectivity index (χ0v) is 14.7. The monoisotopic (exact) mass is 316 g/mol. The van der Waals surface area contributed by atoms with E-state index in [1.807, 2.05) is 10.9 Å². The van der Waals surface area contributed by atoms with Gasteiger partial charge in [0.25, 0.3) is 0 Å². The summed E-state index contributed by atoms with van der Waals surface area (Å²) in [5, 5.41) is 8.97. The molecule has 2 aromatic rings. The predicted molar refractivity (Wildman–Crippen MR) is 93.7 cm³/mol. The molecule has 0 radical (unpaired) electrons. The van der Waals surface area contributed by atoms with Crippen molar-refractivity contribution >= 4 is 16.9 Å². The first-order chi connectivity index (χ1) is 11.0. The maximum atomic E-state index is 4.50. The average Bonchev–Trinajstić information content (AvgIpc) is 2.94. The van der Waals surface area contributed by atoms with Crippen LogP contribution in [0.25, 0.3) is 11.0 Å². The number of hydrogen-bond donors (Lipinski definition) is 1. The summed E-state index contributed by atoms with van der Waals surface area (Å²) in [6.07, 6.45) is 7.49. The summed E-state index contributed by atoms with van der Waals surface area (Å²) < 4.78 is 1.96. The highest BCUT2D eigenvalue weighted by Crippen LogP contribution is 2.24. The van der Waals surface area contributed by atoms with E-state index < -0.39 is 0 Å². The highest BCUT2D eigenvalue weighted by molar-refractivity contribution is 5.86. The standard InChI is InChI=1S/C17H28N6/c1-13-7-5-6-9-22(13)10-8-18-15-14-11-21-23(17(2,3)4)16(14)20-12-19-15/h11-13H,5-10H2,1-4H3,(H,18,19,20). The van der Waals surface area contributed by atoms with Gasteiger partial charge in [-0.05, 0) is 47.1 Å². The first kappa shape index (κ1) is 16.2. The average molecular weight is 316 g/mol. The van der Waals surface area contributed by atoms with Gasteiger partial charge in [-0.1, -0.05) is 6.42 Å². The zero-order chi connectivity index (χ0) is 16.4. The molecule has 1 N–H and O–H groups in total. The van der Waals surface area contributed by atoms with Crippen LogP contribution in [0.5, 0.6) is 0 Å². The Morgan fingerprint density at radius 3 is 2.83 bits per heavy atom. The molecule has 1 aliphatic rings. The van der Waals surface area contributed by atoms with E-state index in [1.54, 1.807) is 6.33 Å². The Kier molecular flexibility index (Phi) is 4.53. The normalized spacial score (nSPS) is 20.1. The van der Waals surface area contributed by atoms with Crippen LogP contribution in [-0.4, -0.2) is 50.3 Å². The molecule has 3 rings (SSSR count). The van der Waals surface area contributed by atoms with Crippen molar-refractivity contribution in [3.63, 3.8) is 0 Å². The Hall–Kier alpha value is -1.69. The zero-order valence-electron chi connectivity index (χ0n) is 14.7. The molecule has 1 aliphatic heterocycles. The molecule has 0 aliphatic carbocycles. The van der Waals surface area contributed by atoms with Crippen LogP contribution in [0.4, 0.5) is 5.82 Å². The van der Waals surface area contributed by atoms with E-state index in [0.29, 0.717) is 6.04 Å². The van der Waals surface area contributed by atoms with Gasteiger partial charge in [-0.3, -0.25) is 4.90 Å². The minimum atomic E-state index is -0.0867. The van der Waals surface area contributed by atoms with Crippen molar-refractivity contribution in [2.45, 2.75) is 58.5 Å². The number of anilines is 1. The third-order valence-electron chi connectivity index (χ3n) is 4.63. The second kappa shape index (κ2) is 6.43. The van der Waals surface area contributed by atoms with Crippen molar-refractivity contribution < 1.29 is 0 Å². The minimum Gasteiger partial charge on any atom is -0.368 e. The Morgan fingerprint density at radius 1 is 1.26 bits per heavy atom. The van der Waals surface area contributed by atoms with E-state index in [1.165, 1.54) is 25.8 Å². The van der Waals surface area contributed by atoms with Gasteiger partial charge in [-0.2, -0.15) is 5.10 Å². The summed E-state index contributed by atoms with van der Waals surface area (Å²) in [5.74, 6) is 0.884. The van der Waals surface area contributed by atoms with E-state index in [2.05, 4.69) is 53.0 Å². The molecule has 126 valence electrons. The molecule has 1 unspecified atom stereocenters. The number of likely N-dealkylation sites (tertiary alicyclic amines) is 1. The molecule has 0 aromatic carbocycles. The molecule has 0 bridgehead atoms. The molecule has 1 saturated heterocycles. The summed E-state index contributed by atoms with van der Waals surface area (Å²) in [4.78, 5) is 11.4. The van der Waals surface area contributed by atoms with Gasteiger partial charge in [0, 0.05) is 19.1 Å². The fraction of sp³-hybridized carbons (Fsp3) is 0.706. The number of aromatic nitrogens is 4. The van der Waals surface area contributed by atoms with Crippen molar-refractivity contribution in [2.24, 2.45) is 0 Å². The number of nitrogens with zero attached hydrogens (tertiary/aromatic N) is 5. The topological polar surface area (TPSA) is 58.9 Å². The second-order valence-electron chi connectivity index (χ2n) is 7.49. The van der Waals surface area contributed by atoms with Gasteiger partial charge in [0.2, 0.25) is 0 Å². The summed E-state index contributed by atoms with van der Waals surface area (Å²) in [7, 11) is 0. The maximum Gasteiger partial charge on any atom is 0.163 e. The number of rotatable bonds is 4. The fourth-order valence-corrected chi connectivity index (χ4v) is 3.28. The van der Waals surface area contributed by atoms with Gasteiger partial charge < -0.3 is 5.32 Å². The maximum absolute atomic E-state index is 4.50. The molecule has 23 heavy (non-hydrogen) atoms. The van der Waals surface area contributed by atoms with E-state index in [0.717, 1.165) is 29.9 Å². The molecular weight excluding hydrogens is 288 g/mol. The highest BCUT2D eigenvalue weighted by atomic mass is 15.3. The number of nitrogens with one attached hydrogen (secondary N) is 1. The molecule has 1 atom stereocenters. The lowest BCUT2D eigenvalue weighted by molar-refractivity contribution is 0.167. The van der Waals surface area contributed by atoms with Gasteiger partial charge in [0.1, 0.15) is 12.1 Å². The Labute approximate surface area is 138 Å². The quantitative estimate of drug-likeness (QED) is 0.940. The third kappa shape index (κ3) is 3.47. The predicted octanol–water partition coefficient (Wildman–Crippen LogP) is 2.87. The first-order valence-electron chi connectivity index (χ1n) is 8.64. The number of piperidine rings is 1. The lowest BCUT2D eigenvalue weighted by Gasteiger charge is -2.33. The van der Waals surface area contributed by atoms with Crippen LogP contribution in [0.3, 0.4) is 0 Å². The fourth-order valence-electron chi connectivity index (χ4n) is 3.28. The van der Waals surface area contributed by atoms with Crippen LogP contribution in [0, 0.1) is 0 Å². The Bertz CT molecular complexity index is 657. The Morgan fingerprint density at radius 2 is 2.09 bits per heavy atom. The summed E-state index contributed by atoms with van der Waals surface area (Å²) >= 11 is 0. The van der Waals surface area contributed by atoms with E-state index in [4.69, 9.17) is 0 Å². The summed E-state index contributed by atoms with van der Waals surface area (Å²) in [6.45, 7) is 11.9. The van der Waals surface area contributed by atoms with Crippen molar-refractivity contribution in [1.29, 1.82) is 0 Å². The molecule has 3 heterocycles. The molecule has 2 aromatic heterocycles. The SMILES string of the molecule is CC1CCCCN1CCNc1ncnc2c1cnn2C(C)(C)C. The van der Waals surface area contributed by atoms with Crippen LogP contribution in [0.15, 0.2) is 12.5 Å². The number of fused-ring (bicyclic) bond motifs is 1. The van der Waals surface area contributed by atoms with E-state index in [-0.39, 0.29) is 5.54 Å². The van der Waals surface area contributed by atoms with Crippen LogP contribution in [0.2, 0.25) is 0 Å². The van der Waals surface area contributed by atoms with Gasteiger partial charge in [0.15, 0.2) is 5.65 Å². The van der Waals surface area contributed by atoms with Gasteiger partial charge in [0.05, 0.1) is 17.1 Å². The molecule has 0 spiro atoms. The van der Waals surface area contributed by atoms with E-state index >= 15 is 0 Å². The van der Waals surface area contributed by atoms with Crippen LogP contribution >= 0.6 is 0 Å². The van der Waals surface area contributed by atoms with Crippen LogP contribution in [0.1, 0.15) is 47.0 Å². The third-order valence-corrected chi connectivity index (χ3v) is 4.63. The molecule has 6 heteroatoms. The van der Waals surface area contributed by atoms with Crippen molar-refractivity contribution in [3.05, 3.63) is 12.5 Å². The summed E-state index contributed by atoms with van der Waals surface area (Å²) in [5.41, 5.74) is 0.803. The Balaban J connectivity index is 1.70. The molecule has 1 fully saturated rings. The van der Waals surface area contributed by atoms with Crippen LogP contribution < -0.4 is 5.32 Å². The lowest BCUT2D eigenvalue weighted by Crippen LogP contribution is -2.40. The highest BCUT2D eigenvalue weighted by Gasteiger charge is 2.20. The smallest absolute Gasteiger partial charge is 0.163 e. The molecular formula is C17H28N6. The molecule has 0 saturated carbocycles. The molecule has 6 nitrogen and oxygen atoms in total. The van der Waals surface area contributed by atoms with Gasteiger partial charge in [-0.25, -0.2) is 14.6 Å². The lowest BCUT2D eigenvalue weighted by atomic mass is 10.0. The van der Waals surface area contributed by atoms with Crippen molar-refractivity contribution in [2.75, 3.05) is 25.0 Å². The minimum absolute atomic E-state index is 0.0867. The van der Waals surface area contributed by atoms with Gasteiger partial charge >= 0.3 is 0 Å². The second-order valence-corrected chi connectivity index (χ2v) is 7.49.